The first-order chi connectivity index (χ1) is 7.08. The summed E-state index contributed by atoms with van der Waals surface area (Å²) in [6, 6.07) is 5.08. The highest BCUT2D eigenvalue weighted by molar-refractivity contribution is 6.66. The first-order valence-electron chi connectivity index (χ1n) is 4.23. The van der Waals surface area contributed by atoms with E-state index in [1.807, 2.05) is 0 Å². The van der Waals surface area contributed by atoms with Crippen molar-refractivity contribution in [2.45, 2.75) is 0 Å². The van der Waals surface area contributed by atoms with E-state index in [1.54, 1.807) is 25.2 Å². The molecule has 0 saturated carbocycles. The Morgan fingerprint density at radius 1 is 1.33 bits per heavy atom. The number of halogens is 1. The predicted octanol–water partition coefficient (Wildman–Crippen LogP) is 1.65. The maximum absolute atomic E-state index is 11.0. The van der Waals surface area contributed by atoms with Crippen molar-refractivity contribution < 1.29 is 4.79 Å². The summed E-state index contributed by atoms with van der Waals surface area (Å²) in [6.45, 7) is 0. The van der Waals surface area contributed by atoms with Gasteiger partial charge in [-0.2, -0.15) is 0 Å². The van der Waals surface area contributed by atoms with E-state index in [2.05, 4.69) is 9.97 Å². The van der Waals surface area contributed by atoms with Gasteiger partial charge in [-0.3, -0.25) is 4.79 Å². The number of hydrogen-bond acceptors (Lipinski definition) is 2. The summed E-state index contributed by atoms with van der Waals surface area (Å²) < 4.78 is 0. The van der Waals surface area contributed by atoms with E-state index < -0.39 is 5.37 Å². The van der Waals surface area contributed by atoms with Crippen LogP contribution in [0.15, 0.2) is 23.0 Å². The Hall–Kier alpha value is -1.75. The van der Waals surface area contributed by atoms with Gasteiger partial charge >= 0.3 is 11.1 Å². The Morgan fingerprint density at radius 3 is 2.67 bits per heavy atom. The molecule has 6 heteroatoms. The zero-order valence-corrected chi connectivity index (χ0v) is 8.63. The van der Waals surface area contributed by atoms with Crippen LogP contribution in [-0.2, 0) is 0 Å². The molecule has 0 bridgehead atoms. The molecule has 1 aromatic heterocycles. The van der Waals surface area contributed by atoms with Gasteiger partial charge in [0.25, 0.3) is 0 Å². The number of anilines is 1. The van der Waals surface area contributed by atoms with E-state index in [-0.39, 0.29) is 5.69 Å². The van der Waals surface area contributed by atoms with E-state index >= 15 is 0 Å². The smallest absolute Gasteiger partial charge is 0.306 e. The number of fused-ring (bicyclic) bond motifs is 1. The molecule has 0 unspecified atom stereocenters. The summed E-state index contributed by atoms with van der Waals surface area (Å²) in [7, 11) is 1.56. The summed E-state index contributed by atoms with van der Waals surface area (Å²) in [5.41, 5.74) is 1.68. The summed E-state index contributed by atoms with van der Waals surface area (Å²) in [5.74, 6) is 0. The van der Waals surface area contributed by atoms with Gasteiger partial charge in [-0.05, 0) is 29.8 Å². The standard InChI is InChI=1S/C9H8ClN3O2/c1-13(8(10)14)5-2-3-6-7(4-5)12-9(15)11-6/h2-4H,1H3,(H2,11,12,15). The fourth-order valence-electron chi connectivity index (χ4n) is 1.33. The molecule has 1 heterocycles. The Morgan fingerprint density at radius 2 is 2.00 bits per heavy atom. The molecule has 2 aromatic rings. The first kappa shape index (κ1) is 9.79. The number of benzene rings is 1. The fourth-order valence-corrected chi connectivity index (χ4v) is 1.43. The van der Waals surface area contributed by atoms with Crippen molar-refractivity contribution in [1.82, 2.24) is 9.97 Å². The normalized spacial score (nSPS) is 10.5. The van der Waals surface area contributed by atoms with Gasteiger partial charge in [-0.15, -0.1) is 0 Å². The maximum Gasteiger partial charge on any atom is 0.323 e. The quantitative estimate of drug-likeness (QED) is 0.572. The highest BCUT2D eigenvalue weighted by atomic mass is 35.5. The van der Waals surface area contributed by atoms with Crippen molar-refractivity contribution in [2.75, 3.05) is 11.9 Å². The maximum atomic E-state index is 11.0. The number of H-pyrrole nitrogens is 2. The van der Waals surface area contributed by atoms with Gasteiger partial charge in [-0.1, -0.05) is 0 Å². The van der Waals surface area contributed by atoms with Crippen LogP contribution in [0.25, 0.3) is 11.0 Å². The van der Waals surface area contributed by atoms with Gasteiger partial charge in [0.05, 0.1) is 11.0 Å². The highest BCUT2D eigenvalue weighted by Crippen LogP contribution is 2.18. The largest absolute Gasteiger partial charge is 0.323 e. The molecular formula is C9H8ClN3O2. The van der Waals surface area contributed by atoms with Crippen LogP contribution in [0.2, 0.25) is 0 Å². The van der Waals surface area contributed by atoms with Crippen molar-refractivity contribution in [3.8, 4) is 0 Å². The summed E-state index contributed by atoms with van der Waals surface area (Å²) >= 11 is 5.33. The minimum atomic E-state index is -0.577. The number of carbonyl (C=O) groups excluding carboxylic acids is 1. The van der Waals surface area contributed by atoms with Gasteiger partial charge < -0.3 is 14.9 Å². The number of imidazole rings is 1. The Bertz CT molecular complexity index is 572. The number of carbonyl (C=O) groups is 1. The number of aromatic nitrogens is 2. The molecule has 1 amide bonds. The van der Waals surface area contributed by atoms with Crippen LogP contribution < -0.4 is 10.6 Å². The lowest BCUT2D eigenvalue weighted by Crippen LogP contribution is -2.19. The topological polar surface area (TPSA) is 69.0 Å². The molecule has 0 aliphatic rings. The number of amides is 1. The van der Waals surface area contributed by atoms with E-state index in [9.17, 15) is 9.59 Å². The third-order valence-electron chi connectivity index (χ3n) is 2.15. The molecule has 1 aromatic carbocycles. The van der Waals surface area contributed by atoms with Crippen LogP contribution >= 0.6 is 11.6 Å². The Balaban J connectivity index is 2.55. The van der Waals surface area contributed by atoms with Gasteiger partial charge in [0.15, 0.2) is 0 Å². The SMILES string of the molecule is CN(C(=O)Cl)c1ccc2[nH]c(=O)[nH]c2c1. The predicted molar refractivity (Wildman–Crippen MR) is 58.6 cm³/mol. The van der Waals surface area contributed by atoms with Crippen LogP contribution in [0.5, 0.6) is 0 Å². The van der Waals surface area contributed by atoms with Crippen molar-refractivity contribution in [3.63, 3.8) is 0 Å². The van der Waals surface area contributed by atoms with Crippen molar-refractivity contribution in [1.29, 1.82) is 0 Å². The number of aromatic amines is 2. The van der Waals surface area contributed by atoms with Crippen molar-refractivity contribution in [3.05, 3.63) is 28.7 Å². The van der Waals surface area contributed by atoms with Gasteiger partial charge in [0.1, 0.15) is 0 Å². The Kier molecular flexibility index (Phi) is 2.24. The second-order valence-corrected chi connectivity index (χ2v) is 3.44. The third kappa shape index (κ3) is 1.73. The zero-order valence-electron chi connectivity index (χ0n) is 7.87. The molecule has 0 aliphatic carbocycles. The molecule has 0 atom stereocenters. The van der Waals surface area contributed by atoms with Gasteiger partial charge in [0, 0.05) is 12.7 Å². The molecular weight excluding hydrogens is 218 g/mol. The van der Waals surface area contributed by atoms with E-state index in [0.717, 1.165) is 0 Å². The molecule has 78 valence electrons. The van der Waals surface area contributed by atoms with Crippen molar-refractivity contribution >= 4 is 33.7 Å². The molecule has 0 spiro atoms. The molecule has 0 fully saturated rings. The molecule has 2 N–H and O–H groups in total. The lowest BCUT2D eigenvalue weighted by molar-refractivity contribution is 0.265. The van der Waals surface area contributed by atoms with Crippen LogP contribution in [0.4, 0.5) is 10.5 Å². The van der Waals surface area contributed by atoms with Crippen LogP contribution in [0.1, 0.15) is 0 Å². The lowest BCUT2D eigenvalue weighted by atomic mass is 10.2. The summed E-state index contributed by atoms with van der Waals surface area (Å²) in [6.07, 6.45) is 0. The molecule has 5 nitrogen and oxygen atoms in total. The van der Waals surface area contributed by atoms with E-state index in [4.69, 9.17) is 11.6 Å². The minimum Gasteiger partial charge on any atom is -0.306 e. The average Bonchev–Trinajstić information content (AvgIpc) is 2.55. The average molecular weight is 226 g/mol. The summed E-state index contributed by atoms with van der Waals surface area (Å²) in [4.78, 5) is 28.4. The molecule has 15 heavy (non-hydrogen) atoms. The molecule has 0 saturated heterocycles. The van der Waals surface area contributed by atoms with E-state index in [0.29, 0.717) is 16.7 Å². The number of hydrogen-bond donors (Lipinski definition) is 2. The number of rotatable bonds is 1. The molecule has 0 radical (unpaired) electrons. The second-order valence-electron chi connectivity index (χ2n) is 3.12. The third-order valence-corrected chi connectivity index (χ3v) is 2.40. The van der Waals surface area contributed by atoms with Gasteiger partial charge in [0.2, 0.25) is 0 Å². The second kappa shape index (κ2) is 3.43. The molecule has 0 aliphatic heterocycles. The Labute approximate surface area is 89.7 Å². The highest BCUT2D eigenvalue weighted by Gasteiger charge is 2.08. The van der Waals surface area contributed by atoms with Crippen molar-refractivity contribution in [2.24, 2.45) is 0 Å². The van der Waals surface area contributed by atoms with Crippen LogP contribution in [0, 0.1) is 0 Å². The van der Waals surface area contributed by atoms with E-state index in [1.165, 1.54) is 4.90 Å². The van der Waals surface area contributed by atoms with Crippen LogP contribution in [-0.4, -0.2) is 22.4 Å². The number of nitrogens with one attached hydrogen (secondary N) is 2. The fraction of sp³-hybridized carbons (Fsp3) is 0.111. The zero-order chi connectivity index (χ0) is 11.0. The lowest BCUT2D eigenvalue weighted by Gasteiger charge is -2.12. The molecule has 2 rings (SSSR count). The first-order valence-corrected chi connectivity index (χ1v) is 4.61. The van der Waals surface area contributed by atoms with Gasteiger partial charge in [-0.25, -0.2) is 4.79 Å². The van der Waals surface area contributed by atoms with Crippen LogP contribution in [0.3, 0.4) is 0 Å². The number of nitrogens with zero attached hydrogens (tertiary/aromatic N) is 1. The minimum absolute atomic E-state index is 0.276. The summed E-state index contributed by atoms with van der Waals surface area (Å²) in [5, 5.41) is -0.577. The monoisotopic (exact) mass is 225 g/mol.